The first-order valence-electron chi connectivity index (χ1n) is 7.25. The SMILES string of the molecule is CN(Cc1ccc(N(C)C)cc1)C(=O)c1ccc([N+](=O)[O-])cc1Cl. The Balaban J connectivity index is 2.13. The van der Waals surface area contributed by atoms with Gasteiger partial charge in [-0.05, 0) is 23.8 Å². The summed E-state index contributed by atoms with van der Waals surface area (Å²) in [5, 5.41) is 10.8. The van der Waals surface area contributed by atoms with Crippen molar-refractivity contribution < 1.29 is 9.72 Å². The lowest BCUT2D eigenvalue weighted by Crippen LogP contribution is -2.26. The molecular formula is C17H18ClN3O3. The molecule has 126 valence electrons. The molecule has 6 nitrogen and oxygen atoms in total. The van der Waals surface area contributed by atoms with E-state index in [2.05, 4.69) is 0 Å². The van der Waals surface area contributed by atoms with Crippen molar-refractivity contribution in [2.45, 2.75) is 6.54 Å². The number of nitro benzene ring substituents is 1. The normalized spacial score (nSPS) is 10.3. The van der Waals surface area contributed by atoms with Crippen LogP contribution >= 0.6 is 11.6 Å². The van der Waals surface area contributed by atoms with Crippen molar-refractivity contribution >= 4 is 28.9 Å². The maximum Gasteiger partial charge on any atom is 0.270 e. The Morgan fingerprint density at radius 1 is 1.12 bits per heavy atom. The van der Waals surface area contributed by atoms with Crippen LogP contribution in [0.15, 0.2) is 42.5 Å². The summed E-state index contributed by atoms with van der Waals surface area (Å²) >= 11 is 6.01. The van der Waals surface area contributed by atoms with E-state index in [1.54, 1.807) is 7.05 Å². The lowest BCUT2D eigenvalue weighted by molar-refractivity contribution is -0.384. The number of benzene rings is 2. The Morgan fingerprint density at radius 2 is 1.75 bits per heavy atom. The number of non-ortho nitro benzene ring substituents is 1. The Kier molecular flexibility index (Phi) is 5.41. The number of rotatable bonds is 5. The van der Waals surface area contributed by atoms with Crippen molar-refractivity contribution in [3.8, 4) is 0 Å². The summed E-state index contributed by atoms with van der Waals surface area (Å²) in [4.78, 5) is 26.2. The molecule has 0 aromatic heterocycles. The van der Waals surface area contributed by atoms with Crippen LogP contribution in [-0.2, 0) is 6.54 Å². The fourth-order valence-corrected chi connectivity index (χ4v) is 2.50. The van der Waals surface area contributed by atoms with Gasteiger partial charge >= 0.3 is 0 Å². The minimum atomic E-state index is -0.545. The first kappa shape index (κ1) is 17.7. The summed E-state index contributed by atoms with van der Waals surface area (Å²) in [6, 6.07) is 11.7. The van der Waals surface area contributed by atoms with Gasteiger partial charge in [-0.1, -0.05) is 23.7 Å². The van der Waals surface area contributed by atoms with Gasteiger partial charge in [-0.3, -0.25) is 14.9 Å². The van der Waals surface area contributed by atoms with Crippen molar-refractivity contribution in [1.29, 1.82) is 0 Å². The highest BCUT2D eigenvalue weighted by atomic mass is 35.5. The van der Waals surface area contributed by atoms with Crippen molar-refractivity contribution in [2.75, 3.05) is 26.0 Å². The monoisotopic (exact) mass is 347 g/mol. The molecule has 0 saturated carbocycles. The zero-order chi connectivity index (χ0) is 17.9. The van der Waals surface area contributed by atoms with Gasteiger partial charge in [0, 0.05) is 45.5 Å². The predicted octanol–water partition coefficient (Wildman–Crippen LogP) is 3.59. The standard InChI is InChI=1S/C17H18ClN3O3/c1-19(2)13-6-4-12(5-7-13)11-20(3)17(22)15-9-8-14(21(23)24)10-16(15)18/h4-10H,11H2,1-3H3. The molecule has 0 aliphatic carbocycles. The van der Waals surface area contributed by atoms with Gasteiger partial charge in [0.1, 0.15) is 0 Å². The zero-order valence-electron chi connectivity index (χ0n) is 13.7. The zero-order valence-corrected chi connectivity index (χ0v) is 14.4. The summed E-state index contributed by atoms with van der Waals surface area (Å²) in [7, 11) is 5.59. The Labute approximate surface area is 145 Å². The Morgan fingerprint density at radius 3 is 2.25 bits per heavy atom. The van der Waals surface area contributed by atoms with Crippen molar-refractivity contribution in [2.24, 2.45) is 0 Å². The lowest BCUT2D eigenvalue weighted by atomic mass is 10.1. The molecule has 2 rings (SSSR count). The minimum Gasteiger partial charge on any atom is -0.378 e. The quantitative estimate of drug-likeness (QED) is 0.612. The van der Waals surface area contributed by atoms with Gasteiger partial charge in [-0.2, -0.15) is 0 Å². The van der Waals surface area contributed by atoms with Gasteiger partial charge in [0.25, 0.3) is 11.6 Å². The minimum absolute atomic E-state index is 0.0732. The third-order valence-corrected chi connectivity index (χ3v) is 3.93. The van der Waals surface area contributed by atoms with Crippen LogP contribution in [0.1, 0.15) is 15.9 Å². The molecule has 0 unspecified atom stereocenters. The summed E-state index contributed by atoms with van der Waals surface area (Å²) in [6.07, 6.45) is 0. The van der Waals surface area contributed by atoms with Gasteiger partial charge in [-0.15, -0.1) is 0 Å². The van der Waals surface area contributed by atoms with E-state index < -0.39 is 4.92 Å². The molecule has 0 N–H and O–H groups in total. The molecule has 0 heterocycles. The van der Waals surface area contributed by atoms with E-state index in [0.29, 0.717) is 6.54 Å². The van der Waals surface area contributed by atoms with Gasteiger partial charge < -0.3 is 9.80 Å². The third kappa shape index (κ3) is 4.02. The smallest absolute Gasteiger partial charge is 0.270 e. The predicted molar refractivity (Wildman–Crippen MR) is 94.7 cm³/mol. The number of amides is 1. The molecular weight excluding hydrogens is 330 g/mol. The summed E-state index contributed by atoms with van der Waals surface area (Å²) in [5.41, 5.74) is 2.16. The summed E-state index contributed by atoms with van der Waals surface area (Å²) < 4.78 is 0. The van der Waals surface area contributed by atoms with Crippen LogP contribution < -0.4 is 4.90 Å². The molecule has 0 spiro atoms. The topological polar surface area (TPSA) is 66.7 Å². The van der Waals surface area contributed by atoms with Crippen molar-refractivity contribution in [1.82, 2.24) is 4.90 Å². The molecule has 0 fully saturated rings. The number of anilines is 1. The maximum atomic E-state index is 12.5. The van der Waals surface area contributed by atoms with Gasteiger partial charge in [0.15, 0.2) is 0 Å². The maximum absolute atomic E-state index is 12.5. The van der Waals surface area contributed by atoms with Crippen molar-refractivity contribution in [3.05, 3.63) is 68.7 Å². The van der Waals surface area contributed by atoms with Crippen LogP contribution in [0.3, 0.4) is 0 Å². The number of carbonyl (C=O) groups is 1. The second-order valence-corrected chi connectivity index (χ2v) is 6.05. The average molecular weight is 348 g/mol. The van der Waals surface area contributed by atoms with E-state index in [0.717, 1.165) is 11.3 Å². The molecule has 1 amide bonds. The number of carbonyl (C=O) groups excluding carboxylic acids is 1. The second kappa shape index (κ2) is 7.31. The van der Waals surface area contributed by atoms with E-state index in [1.165, 1.54) is 23.1 Å². The van der Waals surface area contributed by atoms with Gasteiger partial charge in [0.05, 0.1) is 15.5 Å². The van der Waals surface area contributed by atoms with Crippen molar-refractivity contribution in [3.63, 3.8) is 0 Å². The van der Waals surface area contributed by atoms with Crippen LogP contribution in [-0.4, -0.2) is 36.9 Å². The first-order valence-corrected chi connectivity index (χ1v) is 7.63. The van der Waals surface area contributed by atoms with Gasteiger partial charge in [0.2, 0.25) is 0 Å². The number of hydrogen-bond acceptors (Lipinski definition) is 4. The third-order valence-electron chi connectivity index (χ3n) is 3.61. The number of nitrogens with zero attached hydrogens (tertiary/aromatic N) is 3. The number of hydrogen-bond donors (Lipinski definition) is 0. The van der Waals surface area contributed by atoms with E-state index >= 15 is 0 Å². The van der Waals surface area contributed by atoms with Crippen LogP contribution in [0.2, 0.25) is 5.02 Å². The second-order valence-electron chi connectivity index (χ2n) is 5.64. The summed E-state index contributed by atoms with van der Waals surface area (Å²) in [6.45, 7) is 0.417. The molecule has 0 aliphatic rings. The van der Waals surface area contributed by atoms with E-state index in [9.17, 15) is 14.9 Å². The fraction of sp³-hybridized carbons (Fsp3) is 0.235. The molecule has 0 bridgehead atoms. The highest BCUT2D eigenvalue weighted by Crippen LogP contribution is 2.24. The largest absolute Gasteiger partial charge is 0.378 e. The molecule has 7 heteroatoms. The molecule has 0 saturated heterocycles. The molecule has 0 atom stereocenters. The average Bonchev–Trinajstić information content (AvgIpc) is 2.54. The van der Waals surface area contributed by atoms with Crippen LogP contribution in [0.4, 0.5) is 11.4 Å². The first-order chi connectivity index (χ1) is 11.3. The number of halogens is 1. The van der Waals surface area contributed by atoms with Crippen LogP contribution in [0, 0.1) is 10.1 Å². The Bertz CT molecular complexity index is 760. The van der Waals surface area contributed by atoms with Gasteiger partial charge in [-0.25, -0.2) is 0 Å². The molecule has 0 radical (unpaired) electrons. The molecule has 2 aromatic rings. The lowest BCUT2D eigenvalue weighted by Gasteiger charge is -2.19. The van der Waals surface area contributed by atoms with Crippen LogP contribution in [0.5, 0.6) is 0 Å². The van der Waals surface area contributed by atoms with Crippen LogP contribution in [0.25, 0.3) is 0 Å². The van der Waals surface area contributed by atoms with E-state index in [-0.39, 0.29) is 22.2 Å². The molecule has 0 aliphatic heterocycles. The molecule has 24 heavy (non-hydrogen) atoms. The Hall–Kier alpha value is -2.60. The van der Waals surface area contributed by atoms with E-state index in [4.69, 9.17) is 11.6 Å². The molecule has 2 aromatic carbocycles. The van der Waals surface area contributed by atoms with E-state index in [1.807, 2.05) is 43.3 Å². The highest BCUT2D eigenvalue weighted by Gasteiger charge is 2.18. The number of nitro groups is 1. The fourth-order valence-electron chi connectivity index (χ4n) is 2.24. The summed E-state index contributed by atoms with van der Waals surface area (Å²) in [5.74, 6) is -0.286. The highest BCUT2D eigenvalue weighted by molar-refractivity contribution is 6.34.